The SMILES string of the molecule is O=C(O)CCCC(=O)N1N=C(c2c(-c3ccc(Cl)cc3)c3ccccc3[nH]c2=O)C[C@H]1c1ccc(Cl)cc1Cl. The van der Waals surface area contributed by atoms with E-state index in [4.69, 9.17) is 39.9 Å². The van der Waals surface area contributed by atoms with Gasteiger partial charge in [-0.15, -0.1) is 0 Å². The first-order valence-electron chi connectivity index (χ1n) is 12.2. The molecule has 1 atom stereocenters. The van der Waals surface area contributed by atoms with Gasteiger partial charge in [-0.25, -0.2) is 5.01 Å². The van der Waals surface area contributed by atoms with E-state index in [9.17, 15) is 14.4 Å². The van der Waals surface area contributed by atoms with Crippen LogP contribution in [0.5, 0.6) is 0 Å². The van der Waals surface area contributed by atoms with Crippen LogP contribution in [0.15, 0.2) is 76.6 Å². The predicted molar refractivity (Wildman–Crippen MR) is 154 cm³/mol. The molecule has 0 radical (unpaired) electrons. The molecule has 4 aromatic rings. The number of carbonyl (C=O) groups is 2. The number of rotatable bonds is 7. The quantitative estimate of drug-likeness (QED) is 0.243. The number of benzene rings is 3. The summed E-state index contributed by atoms with van der Waals surface area (Å²) < 4.78 is 0. The highest BCUT2D eigenvalue weighted by molar-refractivity contribution is 6.35. The molecule has 2 heterocycles. The molecule has 198 valence electrons. The maximum Gasteiger partial charge on any atom is 0.303 e. The summed E-state index contributed by atoms with van der Waals surface area (Å²) >= 11 is 18.8. The van der Waals surface area contributed by atoms with Crippen LogP contribution in [0, 0.1) is 0 Å². The Kier molecular flexibility index (Phi) is 7.75. The predicted octanol–water partition coefficient (Wildman–Crippen LogP) is 7.09. The lowest BCUT2D eigenvalue weighted by atomic mass is 9.91. The molecule has 1 amide bonds. The lowest BCUT2D eigenvalue weighted by Gasteiger charge is -2.23. The number of carboxylic acids is 1. The van der Waals surface area contributed by atoms with Crippen LogP contribution in [-0.4, -0.2) is 32.7 Å². The van der Waals surface area contributed by atoms with E-state index in [1.165, 1.54) is 5.01 Å². The van der Waals surface area contributed by atoms with Crippen molar-refractivity contribution in [3.63, 3.8) is 0 Å². The molecule has 1 aromatic heterocycles. The Hall–Kier alpha value is -3.65. The first-order chi connectivity index (χ1) is 18.7. The molecule has 0 bridgehead atoms. The number of H-pyrrole nitrogens is 1. The molecular weight excluding hydrogens is 561 g/mol. The van der Waals surface area contributed by atoms with Gasteiger partial charge in [0, 0.05) is 50.8 Å². The molecule has 0 aliphatic carbocycles. The monoisotopic (exact) mass is 581 g/mol. The Morgan fingerprint density at radius 2 is 1.67 bits per heavy atom. The number of aliphatic carboxylic acids is 1. The van der Waals surface area contributed by atoms with E-state index in [0.29, 0.717) is 43.0 Å². The fraction of sp³-hybridized carbons (Fsp3) is 0.172. The van der Waals surface area contributed by atoms with Gasteiger partial charge in [0.25, 0.3) is 5.56 Å². The molecular formula is C29H22Cl3N3O4. The van der Waals surface area contributed by atoms with Crippen molar-refractivity contribution in [2.45, 2.75) is 31.7 Å². The molecule has 39 heavy (non-hydrogen) atoms. The molecule has 5 rings (SSSR count). The molecule has 0 saturated heterocycles. The van der Waals surface area contributed by atoms with Crippen LogP contribution in [0.25, 0.3) is 22.0 Å². The number of pyridine rings is 1. The molecule has 1 aliphatic heterocycles. The number of halogens is 3. The van der Waals surface area contributed by atoms with Gasteiger partial charge in [-0.3, -0.25) is 14.4 Å². The lowest BCUT2D eigenvalue weighted by Crippen LogP contribution is -2.27. The van der Waals surface area contributed by atoms with Gasteiger partial charge in [-0.2, -0.15) is 5.10 Å². The van der Waals surface area contributed by atoms with Crippen LogP contribution in [-0.2, 0) is 9.59 Å². The molecule has 10 heteroatoms. The van der Waals surface area contributed by atoms with Crippen molar-refractivity contribution in [2.75, 3.05) is 0 Å². The second-order valence-electron chi connectivity index (χ2n) is 9.17. The molecule has 0 spiro atoms. The van der Waals surface area contributed by atoms with Gasteiger partial charge in [0.15, 0.2) is 0 Å². The average Bonchev–Trinajstić information content (AvgIpc) is 3.33. The number of amides is 1. The Morgan fingerprint density at radius 1 is 0.949 bits per heavy atom. The topological polar surface area (TPSA) is 103 Å². The summed E-state index contributed by atoms with van der Waals surface area (Å²) in [6.45, 7) is 0. The summed E-state index contributed by atoms with van der Waals surface area (Å²) in [6.07, 6.45) is 0.202. The van der Waals surface area contributed by atoms with Crippen LogP contribution in [0.4, 0.5) is 0 Å². The number of hydrazone groups is 1. The smallest absolute Gasteiger partial charge is 0.303 e. The van der Waals surface area contributed by atoms with Gasteiger partial charge in [0.2, 0.25) is 5.91 Å². The van der Waals surface area contributed by atoms with E-state index in [0.717, 1.165) is 10.9 Å². The van der Waals surface area contributed by atoms with E-state index >= 15 is 0 Å². The number of carboxylic acid groups (broad SMARTS) is 1. The molecule has 3 aromatic carbocycles. The standard InChI is InChI=1S/C29H22Cl3N3O4/c30-17-10-8-16(9-11-17)27-20-4-1-2-5-22(20)33-29(39)28(27)23-15-24(19-13-12-18(31)14-21(19)32)35(34-23)25(36)6-3-7-26(37)38/h1-2,4-5,8-14,24H,3,6-7,15H2,(H,33,39)(H,37,38)/t24-/m0/s1. The average molecular weight is 583 g/mol. The molecule has 0 unspecified atom stereocenters. The zero-order chi connectivity index (χ0) is 27.7. The Labute approximate surface area is 238 Å². The van der Waals surface area contributed by atoms with E-state index in [2.05, 4.69) is 10.1 Å². The zero-order valence-corrected chi connectivity index (χ0v) is 22.7. The summed E-state index contributed by atoms with van der Waals surface area (Å²) in [5.41, 5.74) is 3.13. The summed E-state index contributed by atoms with van der Waals surface area (Å²) in [7, 11) is 0. The fourth-order valence-electron chi connectivity index (χ4n) is 4.85. The van der Waals surface area contributed by atoms with Gasteiger partial charge in [-0.1, -0.05) is 71.2 Å². The van der Waals surface area contributed by atoms with Gasteiger partial charge in [0.05, 0.1) is 17.3 Å². The number of aromatic nitrogens is 1. The largest absolute Gasteiger partial charge is 0.481 e. The van der Waals surface area contributed by atoms with E-state index in [1.807, 2.05) is 36.4 Å². The molecule has 2 N–H and O–H groups in total. The maximum absolute atomic E-state index is 13.6. The number of hydrogen-bond acceptors (Lipinski definition) is 4. The molecule has 1 aliphatic rings. The summed E-state index contributed by atoms with van der Waals surface area (Å²) in [5.74, 6) is -1.35. The van der Waals surface area contributed by atoms with Gasteiger partial charge < -0.3 is 10.1 Å². The van der Waals surface area contributed by atoms with Crippen molar-refractivity contribution >= 4 is 63.3 Å². The van der Waals surface area contributed by atoms with E-state index < -0.39 is 12.0 Å². The third kappa shape index (κ3) is 5.57. The highest BCUT2D eigenvalue weighted by atomic mass is 35.5. The van der Waals surface area contributed by atoms with Crippen molar-refractivity contribution < 1.29 is 14.7 Å². The minimum absolute atomic E-state index is 0.0249. The summed E-state index contributed by atoms with van der Waals surface area (Å²) in [4.78, 5) is 40.9. The van der Waals surface area contributed by atoms with Crippen molar-refractivity contribution in [3.05, 3.63) is 103 Å². The number of aromatic amines is 1. The van der Waals surface area contributed by atoms with Gasteiger partial charge in [-0.05, 0) is 47.9 Å². The van der Waals surface area contributed by atoms with Crippen LogP contribution in [0.1, 0.15) is 42.9 Å². The van der Waals surface area contributed by atoms with Gasteiger partial charge >= 0.3 is 5.97 Å². The highest BCUT2D eigenvalue weighted by Crippen LogP contribution is 2.40. The number of nitrogens with one attached hydrogen (secondary N) is 1. The zero-order valence-electron chi connectivity index (χ0n) is 20.5. The number of hydrogen-bond donors (Lipinski definition) is 2. The highest BCUT2D eigenvalue weighted by Gasteiger charge is 2.36. The first-order valence-corrected chi connectivity index (χ1v) is 13.3. The van der Waals surface area contributed by atoms with Crippen LogP contribution < -0.4 is 5.56 Å². The number of nitrogens with zero attached hydrogens (tertiary/aromatic N) is 2. The third-order valence-corrected chi connectivity index (χ3v) is 7.43. The number of carbonyl (C=O) groups excluding carboxylic acids is 1. The van der Waals surface area contributed by atoms with Crippen molar-refractivity contribution in [1.82, 2.24) is 9.99 Å². The van der Waals surface area contributed by atoms with E-state index in [1.54, 1.807) is 30.3 Å². The lowest BCUT2D eigenvalue weighted by molar-refractivity contribution is -0.137. The van der Waals surface area contributed by atoms with Crippen molar-refractivity contribution in [2.24, 2.45) is 5.10 Å². The van der Waals surface area contributed by atoms with Crippen molar-refractivity contribution in [3.8, 4) is 11.1 Å². The maximum atomic E-state index is 13.6. The van der Waals surface area contributed by atoms with Crippen LogP contribution in [0.3, 0.4) is 0 Å². The molecule has 0 fully saturated rings. The molecule has 0 saturated carbocycles. The Balaban J connectivity index is 1.66. The minimum atomic E-state index is -0.985. The minimum Gasteiger partial charge on any atom is -0.481 e. The molecule has 7 nitrogen and oxygen atoms in total. The second kappa shape index (κ2) is 11.2. The van der Waals surface area contributed by atoms with Gasteiger partial charge in [0.1, 0.15) is 0 Å². The van der Waals surface area contributed by atoms with Crippen LogP contribution >= 0.6 is 34.8 Å². The number of fused-ring (bicyclic) bond motifs is 1. The second-order valence-corrected chi connectivity index (χ2v) is 10.5. The summed E-state index contributed by atoms with van der Waals surface area (Å²) in [6, 6.07) is 19.0. The third-order valence-electron chi connectivity index (χ3n) is 6.61. The fourth-order valence-corrected chi connectivity index (χ4v) is 5.51. The van der Waals surface area contributed by atoms with E-state index in [-0.39, 0.29) is 37.1 Å². The first kappa shape index (κ1) is 26.9. The van der Waals surface area contributed by atoms with Crippen LogP contribution in [0.2, 0.25) is 15.1 Å². The summed E-state index contributed by atoms with van der Waals surface area (Å²) in [5, 5.41) is 17.2. The number of para-hydroxylation sites is 1. The van der Waals surface area contributed by atoms with Crippen molar-refractivity contribution in [1.29, 1.82) is 0 Å². The normalized spacial score (nSPS) is 15.0. The Morgan fingerprint density at radius 3 is 2.38 bits per heavy atom. The Bertz CT molecular complexity index is 1680.